The molecule has 6 nitrogen and oxygen atoms in total. The molecule has 0 radical (unpaired) electrons. The third-order valence-electron chi connectivity index (χ3n) is 3.61. The zero-order valence-corrected chi connectivity index (χ0v) is 16.5. The molecule has 8 heteroatoms. The maximum absolute atomic E-state index is 12.1. The Bertz CT molecular complexity index is 924. The van der Waals surface area contributed by atoms with Crippen molar-refractivity contribution in [2.45, 2.75) is 19.8 Å². The van der Waals surface area contributed by atoms with Crippen molar-refractivity contribution in [1.82, 2.24) is 0 Å². The number of nitrogens with one attached hydrogen (secondary N) is 2. The Morgan fingerprint density at radius 3 is 2.36 bits per heavy atom. The molecule has 2 rings (SSSR count). The van der Waals surface area contributed by atoms with Crippen molar-refractivity contribution in [3.8, 4) is 0 Å². The highest BCUT2D eigenvalue weighted by atomic mass is 35.5. The molecule has 0 atom stereocenters. The lowest BCUT2D eigenvalue weighted by Crippen LogP contribution is -2.21. The number of aliphatic hydroxyl groups is 1. The first-order chi connectivity index (χ1) is 13.3. The number of rotatable bonds is 7. The van der Waals surface area contributed by atoms with E-state index in [2.05, 4.69) is 10.6 Å². The van der Waals surface area contributed by atoms with E-state index in [0.29, 0.717) is 29.1 Å². The summed E-state index contributed by atoms with van der Waals surface area (Å²) in [5.74, 6) is -2.50. The minimum atomic E-state index is -0.987. The third kappa shape index (κ3) is 6.11. The fourth-order valence-electron chi connectivity index (χ4n) is 2.23. The van der Waals surface area contributed by atoms with Crippen LogP contribution in [0.3, 0.4) is 0 Å². The lowest BCUT2D eigenvalue weighted by molar-refractivity contribution is -0.131. The van der Waals surface area contributed by atoms with Gasteiger partial charge in [-0.1, -0.05) is 30.1 Å². The van der Waals surface area contributed by atoms with Gasteiger partial charge in [0, 0.05) is 28.8 Å². The van der Waals surface area contributed by atoms with Crippen LogP contribution in [0, 0.1) is 0 Å². The zero-order chi connectivity index (χ0) is 20.7. The number of benzene rings is 2. The summed E-state index contributed by atoms with van der Waals surface area (Å²) in [6, 6.07) is 10.6. The summed E-state index contributed by atoms with van der Waals surface area (Å²) in [5.41, 5.74) is 0.933. The van der Waals surface area contributed by atoms with Crippen molar-refractivity contribution in [1.29, 1.82) is 0 Å². The van der Waals surface area contributed by atoms with Crippen molar-refractivity contribution >= 4 is 57.9 Å². The number of carbonyl (C=O) groups is 3. The fourth-order valence-corrected chi connectivity index (χ4v) is 2.52. The van der Waals surface area contributed by atoms with E-state index in [1.54, 1.807) is 18.2 Å². The Kier molecular flexibility index (Phi) is 7.61. The van der Waals surface area contributed by atoms with Crippen LogP contribution in [-0.4, -0.2) is 22.7 Å². The molecular weight excluding hydrogens is 403 g/mol. The Morgan fingerprint density at radius 2 is 1.71 bits per heavy atom. The van der Waals surface area contributed by atoms with Crippen LogP contribution in [-0.2, 0) is 14.4 Å². The maximum atomic E-state index is 12.1. The second kappa shape index (κ2) is 9.92. The van der Waals surface area contributed by atoms with Crippen LogP contribution in [0.15, 0.2) is 48.5 Å². The van der Waals surface area contributed by atoms with Crippen molar-refractivity contribution in [3.63, 3.8) is 0 Å². The average molecular weight is 421 g/mol. The topological polar surface area (TPSA) is 95.5 Å². The van der Waals surface area contributed by atoms with Gasteiger partial charge in [0.1, 0.15) is 5.76 Å². The molecule has 0 bridgehead atoms. The molecule has 28 heavy (non-hydrogen) atoms. The Labute approximate surface area is 172 Å². The first-order valence-electron chi connectivity index (χ1n) is 8.41. The Morgan fingerprint density at radius 1 is 1.04 bits per heavy atom. The van der Waals surface area contributed by atoms with Crippen LogP contribution >= 0.6 is 23.2 Å². The van der Waals surface area contributed by atoms with Crippen molar-refractivity contribution in [2.24, 2.45) is 0 Å². The predicted octanol–water partition coefficient (Wildman–Crippen LogP) is 4.84. The van der Waals surface area contributed by atoms with Crippen LogP contribution < -0.4 is 10.6 Å². The normalized spacial score (nSPS) is 11.0. The van der Waals surface area contributed by atoms with Gasteiger partial charge in [-0.05, 0) is 48.9 Å². The molecule has 0 aliphatic carbocycles. The summed E-state index contributed by atoms with van der Waals surface area (Å²) in [5, 5.41) is 15.7. The van der Waals surface area contributed by atoms with Crippen molar-refractivity contribution in [2.75, 3.05) is 10.6 Å². The molecule has 0 unspecified atom stereocenters. The number of hydrogen-bond donors (Lipinski definition) is 3. The van der Waals surface area contributed by atoms with E-state index in [1.807, 2.05) is 6.92 Å². The van der Waals surface area contributed by atoms with Crippen LogP contribution in [0.2, 0.25) is 10.0 Å². The molecule has 0 spiro atoms. The molecule has 0 saturated heterocycles. The molecule has 3 N–H and O–H groups in total. The summed E-state index contributed by atoms with van der Waals surface area (Å²) in [6.45, 7) is 1.88. The maximum Gasteiger partial charge on any atom is 0.296 e. The molecular formula is C20H18Cl2N2O4. The number of aliphatic hydroxyl groups excluding tert-OH is 1. The van der Waals surface area contributed by atoms with Crippen LogP contribution in [0.5, 0.6) is 0 Å². The second-order valence-electron chi connectivity index (χ2n) is 5.85. The van der Waals surface area contributed by atoms with Gasteiger partial charge >= 0.3 is 0 Å². The lowest BCUT2D eigenvalue weighted by Gasteiger charge is -2.10. The number of halogens is 2. The van der Waals surface area contributed by atoms with Gasteiger partial charge < -0.3 is 15.7 Å². The average Bonchev–Trinajstić information content (AvgIpc) is 2.65. The van der Waals surface area contributed by atoms with E-state index in [9.17, 15) is 19.5 Å². The summed E-state index contributed by atoms with van der Waals surface area (Å²) in [7, 11) is 0. The number of anilines is 2. The standard InChI is InChI=1S/C20H18Cl2N2O4/c1-2-3-19(27)23-14-8-9-15(22)16(10-14)24-20(28)18(26)11-17(25)12-4-6-13(21)7-5-12/h4-11,25H,2-3H2,1H3,(H,23,27)(H,24,28)/b17-11+. The van der Waals surface area contributed by atoms with E-state index in [1.165, 1.54) is 24.3 Å². The molecule has 0 aliphatic heterocycles. The zero-order valence-electron chi connectivity index (χ0n) is 15.0. The molecule has 0 aliphatic rings. The summed E-state index contributed by atoms with van der Waals surface area (Å²) >= 11 is 11.8. The van der Waals surface area contributed by atoms with Gasteiger partial charge in [-0.2, -0.15) is 0 Å². The van der Waals surface area contributed by atoms with Gasteiger partial charge in [0.15, 0.2) is 0 Å². The smallest absolute Gasteiger partial charge is 0.296 e. The lowest BCUT2D eigenvalue weighted by atomic mass is 10.1. The van der Waals surface area contributed by atoms with Gasteiger partial charge in [-0.3, -0.25) is 14.4 Å². The van der Waals surface area contributed by atoms with Gasteiger partial charge in [-0.15, -0.1) is 0 Å². The van der Waals surface area contributed by atoms with Crippen LogP contribution in [0.1, 0.15) is 25.3 Å². The molecule has 2 aromatic carbocycles. The molecule has 2 amide bonds. The minimum absolute atomic E-state index is 0.161. The Hall–Kier alpha value is -2.83. The third-order valence-corrected chi connectivity index (χ3v) is 4.19. The fraction of sp³-hybridized carbons (Fsp3) is 0.150. The van der Waals surface area contributed by atoms with E-state index in [0.717, 1.165) is 6.08 Å². The van der Waals surface area contributed by atoms with Gasteiger partial charge in [0.2, 0.25) is 11.7 Å². The minimum Gasteiger partial charge on any atom is -0.507 e. The summed E-state index contributed by atoms with van der Waals surface area (Å²) < 4.78 is 0. The van der Waals surface area contributed by atoms with Crippen molar-refractivity contribution in [3.05, 3.63) is 64.1 Å². The van der Waals surface area contributed by atoms with E-state index >= 15 is 0 Å². The van der Waals surface area contributed by atoms with E-state index in [4.69, 9.17) is 23.2 Å². The van der Waals surface area contributed by atoms with E-state index in [-0.39, 0.29) is 22.4 Å². The van der Waals surface area contributed by atoms with Gasteiger partial charge in [0.05, 0.1) is 10.7 Å². The monoisotopic (exact) mass is 420 g/mol. The first kappa shape index (κ1) is 21.5. The van der Waals surface area contributed by atoms with E-state index < -0.39 is 11.7 Å². The van der Waals surface area contributed by atoms with Crippen LogP contribution in [0.4, 0.5) is 11.4 Å². The summed E-state index contributed by atoms with van der Waals surface area (Å²) in [4.78, 5) is 35.9. The number of amides is 2. The molecule has 0 fully saturated rings. The first-order valence-corrected chi connectivity index (χ1v) is 9.17. The highest BCUT2D eigenvalue weighted by molar-refractivity contribution is 6.46. The van der Waals surface area contributed by atoms with Crippen LogP contribution in [0.25, 0.3) is 5.76 Å². The number of ketones is 1. The Balaban J connectivity index is 2.10. The highest BCUT2D eigenvalue weighted by Gasteiger charge is 2.15. The number of hydrogen-bond acceptors (Lipinski definition) is 4. The molecule has 0 heterocycles. The number of carbonyl (C=O) groups excluding carboxylic acids is 3. The van der Waals surface area contributed by atoms with Crippen molar-refractivity contribution < 1.29 is 19.5 Å². The van der Waals surface area contributed by atoms with Gasteiger partial charge in [-0.25, -0.2) is 0 Å². The molecule has 0 saturated carbocycles. The second-order valence-corrected chi connectivity index (χ2v) is 6.69. The predicted molar refractivity (Wildman–Crippen MR) is 111 cm³/mol. The largest absolute Gasteiger partial charge is 0.507 e. The summed E-state index contributed by atoms with van der Waals surface area (Å²) in [6.07, 6.45) is 1.86. The SMILES string of the molecule is CCCC(=O)Nc1ccc(Cl)c(NC(=O)C(=O)/C=C(/O)c2ccc(Cl)cc2)c1. The van der Waals surface area contributed by atoms with Gasteiger partial charge in [0.25, 0.3) is 5.91 Å². The molecule has 146 valence electrons. The quantitative estimate of drug-likeness (QED) is 0.339. The molecule has 2 aromatic rings. The molecule has 0 aromatic heterocycles. The highest BCUT2D eigenvalue weighted by Crippen LogP contribution is 2.26.